The van der Waals surface area contributed by atoms with Gasteiger partial charge in [-0.2, -0.15) is 4.99 Å². The van der Waals surface area contributed by atoms with Crippen LogP contribution in [-0.4, -0.2) is 36.8 Å². The average molecular weight is 489 g/mol. The monoisotopic (exact) mass is 488 g/mol. The van der Waals surface area contributed by atoms with Crippen molar-refractivity contribution >= 4 is 33.4 Å². The lowest BCUT2D eigenvalue weighted by molar-refractivity contribution is -0.140. The van der Waals surface area contributed by atoms with Crippen LogP contribution < -0.4 is 14.3 Å². The van der Waals surface area contributed by atoms with E-state index < -0.39 is 5.92 Å². The van der Waals surface area contributed by atoms with Crippen LogP contribution in [0.15, 0.2) is 77.8 Å². The summed E-state index contributed by atoms with van der Waals surface area (Å²) >= 11 is 1.38. The SMILES string of the molecule is COC(=O)CCn1c(=NC(=O)C(c2ccccc2)c2ccccc2)sc2cc3c(cc21)OCCO3. The summed E-state index contributed by atoms with van der Waals surface area (Å²) in [6.07, 6.45) is 0.152. The second-order valence-corrected chi connectivity index (χ2v) is 9.04. The zero-order chi connectivity index (χ0) is 24.2. The Balaban J connectivity index is 1.63. The summed E-state index contributed by atoms with van der Waals surface area (Å²) in [4.78, 5) is 30.7. The smallest absolute Gasteiger partial charge is 0.307 e. The van der Waals surface area contributed by atoms with Crippen LogP contribution in [0.25, 0.3) is 10.2 Å². The Kier molecular flexibility index (Phi) is 6.63. The molecule has 0 saturated carbocycles. The Morgan fingerprint density at radius 3 is 2.17 bits per heavy atom. The Hall–Kier alpha value is -3.91. The molecule has 0 radical (unpaired) electrons. The van der Waals surface area contributed by atoms with Crippen LogP contribution in [0.1, 0.15) is 23.5 Å². The number of fused-ring (bicyclic) bond motifs is 2. The molecular weight excluding hydrogens is 464 g/mol. The van der Waals surface area contributed by atoms with Gasteiger partial charge in [0.15, 0.2) is 16.3 Å². The third-order valence-corrected chi connectivity index (χ3v) is 6.87. The van der Waals surface area contributed by atoms with Gasteiger partial charge in [-0.3, -0.25) is 9.59 Å². The highest BCUT2D eigenvalue weighted by atomic mass is 32.1. The molecule has 0 N–H and O–H groups in total. The van der Waals surface area contributed by atoms with E-state index in [9.17, 15) is 9.59 Å². The van der Waals surface area contributed by atoms with Gasteiger partial charge in [-0.05, 0) is 11.1 Å². The molecule has 1 amide bonds. The molecule has 5 rings (SSSR count). The van der Waals surface area contributed by atoms with Crippen molar-refractivity contribution in [1.82, 2.24) is 4.57 Å². The Labute approximate surface area is 206 Å². The van der Waals surface area contributed by atoms with Crippen LogP contribution in [0.3, 0.4) is 0 Å². The molecule has 8 heteroatoms. The average Bonchev–Trinajstić information content (AvgIpc) is 3.22. The summed E-state index contributed by atoms with van der Waals surface area (Å²) in [5, 5.41) is 0. The minimum atomic E-state index is -0.545. The van der Waals surface area contributed by atoms with Gasteiger partial charge >= 0.3 is 5.97 Å². The van der Waals surface area contributed by atoms with Crippen molar-refractivity contribution in [2.45, 2.75) is 18.9 Å². The van der Waals surface area contributed by atoms with Gasteiger partial charge in [0, 0.05) is 18.7 Å². The van der Waals surface area contributed by atoms with Gasteiger partial charge in [-0.25, -0.2) is 0 Å². The largest absolute Gasteiger partial charge is 0.486 e. The highest BCUT2D eigenvalue weighted by molar-refractivity contribution is 7.16. The quantitative estimate of drug-likeness (QED) is 0.378. The van der Waals surface area contributed by atoms with E-state index in [4.69, 9.17) is 14.2 Å². The van der Waals surface area contributed by atoms with Crippen molar-refractivity contribution in [1.29, 1.82) is 0 Å². The number of methoxy groups -OCH3 is 1. The molecule has 178 valence electrons. The lowest BCUT2D eigenvalue weighted by Crippen LogP contribution is -2.22. The van der Waals surface area contributed by atoms with E-state index in [0.717, 1.165) is 21.3 Å². The van der Waals surface area contributed by atoms with E-state index in [2.05, 4.69) is 4.99 Å². The molecule has 1 aliphatic heterocycles. The number of esters is 1. The number of hydrogen-bond acceptors (Lipinski definition) is 6. The molecule has 4 aromatic rings. The van der Waals surface area contributed by atoms with Crippen LogP contribution >= 0.6 is 11.3 Å². The zero-order valence-electron chi connectivity index (χ0n) is 19.2. The van der Waals surface area contributed by atoms with E-state index >= 15 is 0 Å². The normalized spacial score (nSPS) is 13.3. The molecule has 3 aromatic carbocycles. The minimum absolute atomic E-state index is 0.152. The fraction of sp³-hybridized carbons (Fsp3) is 0.222. The zero-order valence-corrected chi connectivity index (χ0v) is 20.0. The van der Waals surface area contributed by atoms with Crippen molar-refractivity contribution in [3.05, 3.63) is 88.7 Å². The van der Waals surface area contributed by atoms with Gasteiger partial charge in [-0.1, -0.05) is 72.0 Å². The van der Waals surface area contributed by atoms with Crippen LogP contribution in [0.4, 0.5) is 0 Å². The van der Waals surface area contributed by atoms with Gasteiger partial charge in [0.25, 0.3) is 5.91 Å². The fourth-order valence-corrected chi connectivity index (χ4v) is 5.21. The summed E-state index contributed by atoms with van der Waals surface area (Å²) in [6.45, 7) is 1.27. The maximum absolute atomic E-state index is 13.7. The van der Waals surface area contributed by atoms with E-state index in [0.29, 0.717) is 36.1 Å². The predicted octanol–water partition coefficient (Wildman–Crippen LogP) is 4.30. The van der Waals surface area contributed by atoms with Crippen molar-refractivity contribution < 1.29 is 23.8 Å². The Bertz CT molecular complexity index is 1390. The first-order valence-corrected chi connectivity index (χ1v) is 12.1. The summed E-state index contributed by atoms with van der Waals surface area (Å²) in [6, 6.07) is 23.0. The van der Waals surface area contributed by atoms with E-state index in [1.165, 1.54) is 18.4 Å². The van der Waals surface area contributed by atoms with Crippen molar-refractivity contribution in [3.8, 4) is 11.5 Å². The van der Waals surface area contributed by atoms with Crippen LogP contribution in [0.2, 0.25) is 0 Å². The number of carbonyl (C=O) groups excluding carboxylic acids is 2. The summed E-state index contributed by atoms with van der Waals surface area (Å²) in [5.41, 5.74) is 2.56. The number of aryl methyl sites for hydroxylation is 1. The van der Waals surface area contributed by atoms with Crippen molar-refractivity contribution in [3.63, 3.8) is 0 Å². The predicted molar refractivity (Wildman–Crippen MR) is 133 cm³/mol. The molecule has 0 bridgehead atoms. The third-order valence-electron chi connectivity index (χ3n) is 5.83. The first-order chi connectivity index (χ1) is 17.1. The molecule has 1 aliphatic rings. The van der Waals surface area contributed by atoms with Gasteiger partial charge in [0.05, 0.1) is 29.7 Å². The molecule has 0 unspecified atom stereocenters. The summed E-state index contributed by atoms with van der Waals surface area (Å²) in [7, 11) is 1.36. The number of benzene rings is 3. The molecule has 2 heterocycles. The number of carbonyl (C=O) groups is 2. The highest BCUT2D eigenvalue weighted by Gasteiger charge is 2.23. The first-order valence-electron chi connectivity index (χ1n) is 11.3. The maximum Gasteiger partial charge on any atom is 0.307 e. The summed E-state index contributed by atoms with van der Waals surface area (Å²) in [5.74, 6) is 0.139. The van der Waals surface area contributed by atoms with E-state index in [-0.39, 0.29) is 18.3 Å². The number of hydrogen-bond donors (Lipinski definition) is 0. The molecule has 35 heavy (non-hydrogen) atoms. The third kappa shape index (κ3) is 4.83. The van der Waals surface area contributed by atoms with Gasteiger partial charge in [-0.15, -0.1) is 0 Å². The lowest BCUT2D eigenvalue weighted by Gasteiger charge is -2.18. The molecule has 0 aliphatic carbocycles. The molecule has 0 atom stereocenters. The Morgan fingerprint density at radius 1 is 0.971 bits per heavy atom. The minimum Gasteiger partial charge on any atom is -0.486 e. The second kappa shape index (κ2) is 10.1. The number of amides is 1. The molecule has 7 nitrogen and oxygen atoms in total. The molecule has 0 spiro atoms. The number of ether oxygens (including phenoxy) is 3. The maximum atomic E-state index is 13.7. The van der Waals surface area contributed by atoms with Gasteiger partial charge < -0.3 is 18.8 Å². The molecular formula is C27H24N2O5S. The first kappa shape index (κ1) is 22.9. The number of thiazole rings is 1. The standard InChI is InChI=1S/C27H24N2O5S/c1-32-24(30)12-13-29-20-16-21-22(34-15-14-33-21)17-23(20)35-27(29)28-26(31)25(18-8-4-2-5-9-18)19-10-6-3-7-11-19/h2-11,16-17,25H,12-15H2,1H3. The van der Waals surface area contributed by atoms with Crippen LogP contribution in [0, 0.1) is 0 Å². The fourth-order valence-electron chi connectivity index (χ4n) is 4.14. The number of aromatic nitrogens is 1. The van der Waals surface area contributed by atoms with Gasteiger partial charge in [0.2, 0.25) is 0 Å². The van der Waals surface area contributed by atoms with E-state index in [1.54, 1.807) is 0 Å². The molecule has 0 saturated heterocycles. The second-order valence-electron chi connectivity index (χ2n) is 8.03. The van der Waals surface area contributed by atoms with Crippen molar-refractivity contribution in [2.75, 3.05) is 20.3 Å². The number of rotatable bonds is 6. The lowest BCUT2D eigenvalue weighted by atomic mass is 9.91. The topological polar surface area (TPSA) is 79.1 Å². The molecule has 0 fully saturated rings. The van der Waals surface area contributed by atoms with Gasteiger partial charge in [0.1, 0.15) is 13.2 Å². The van der Waals surface area contributed by atoms with Crippen molar-refractivity contribution in [2.24, 2.45) is 4.99 Å². The molecule has 1 aromatic heterocycles. The number of nitrogens with zero attached hydrogens (tertiary/aromatic N) is 2. The van der Waals surface area contributed by atoms with Crippen LogP contribution in [-0.2, 0) is 20.9 Å². The Morgan fingerprint density at radius 2 is 1.57 bits per heavy atom. The summed E-state index contributed by atoms with van der Waals surface area (Å²) < 4.78 is 19.1. The van der Waals surface area contributed by atoms with Crippen LogP contribution in [0.5, 0.6) is 11.5 Å². The van der Waals surface area contributed by atoms with E-state index in [1.807, 2.05) is 77.4 Å². The highest BCUT2D eigenvalue weighted by Crippen LogP contribution is 2.36.